The highest BCUT2D eigenvalue weighted by Crippen LogP contribution is 2.46. The fraction of sp³-hybridized carbons (Fsp3) is 0.0714. The van der Waals surface area contributed by atoms with E-state index in [0.717, 1.165) is 12.1 Å². The Balaban J connectivity index is 1.61. The van der Waals surface area contributed by atoms with Crippen LogP contribution in [0.25, 0.3) is 21.8 Å². The number of nitrogen functional groups attached to an aromatic ring is 1. The molecule has 40 heavy (non-hydrogen) atoms. The molecular weight excluding hydrogens is 555 g/mol. The second kappa shape index (κ2) is 8.95. The molecule has 0 spiro atoms. The van der Waals surface area contributed by atoms with Crippen molar-refractivity contribution in [3.8, 4) is 0 Å². The topological polar surface area (TPSA) is 89.2 Å². The lowest BCUT2D eigenvalue weighted by molar-refractivity contribution is -0.137. The molecule has 5 aromatic rings. The lowest BCUT2D eigenvalue weighted by Crippen LogP contribution is -2.38. The van der Waals surface area contributed by atoms with Crippen molar-refractivity contribution >= 4 is 56.7 Å². The van der Waals surface area contributed by atoms with Crippen molar-refractivity contribution in [1.82, 2.24) is 9.88 Å². The van der Waals surface area contributed by atoms with Gasteiger partial charge in [0.1, 0.15) is 11.6 Å². The number of benzene rings is 4. The van der Waals surface area contributed by atoms with Crippen molar-refractivity contribution in [3.05, 3.63) is 106 Å². The maximum atomic E-state index is 14.3. The van der Waals surface area contributed by atoms with Crippen LogP contribution in [0.5, 0.6) is 0 Å². The van der Waals surface area contributed by atoms with Gasteiger partial charge in [-0.05, 0) is 48.5 Å². The molecule has 12 heteroatoms. The third kappa shape index (κ3) is 4.01. The maximum absolute atomic E-state index is 14.3. The fourth-order valence-corrected chi connectivity index (χ4v) is 5.36. The molecular formula is C28H16ClF5N4O2. The summed E-state index contributed by atoms with van der Waals surface area (Å²) in [6.45, 7) is 0. The number of nitrogens with two attached hydrogens (primary N) is 1. The number of aromatic nitrogens is 1. The number of rotatable bonds is 3. The minimum Gasteiger partial charge on any atom is -0.398 e. The average molecular weight is 571 g/mol. The molecule has 1 aliphatic heterocycles. The van der Waals surface area contributed by atoms with Crippen LogP contribution in [0.3, 0.4) is 0 Å². The number of hydrogen-bond donors (Lipinski definition) is 3. The number of nitrogens with one attached hydrogen (secondary N) is 2. The number of anilines is 2. The number of fused-ring (bicyclic) bond motifs is 3. The number of carbonyl (C=O) groups excluding carboxylic acids is 2. The standard InChI is InChI=1S/C28H16ClF5N4O2/c29-18-6-5-14(30)10-17(18)24-23-20(36-26(39)12-7-13(28(32,33)34)9-15(31)8-12)11-19(35)22-16-3-1-2-4-21(16)38(25(22)23)27(40)37-24/h1-11,24H,35H2,(H,36,39)(H,37,40). The summed E-state index contributed by atoms with van der Waals surface area (Å²) in [5, 5.41) is 6.50. The highest BCUT2D eigenvalue weighted by atomic mass is 35.5. The van der Waals surface area contributed by atoms with E-state index in [1.54, 1.807) is 24.3 Å². The number of halogens is 6. The molecule has 0 fully saturated rings. The normalized spacial score (nSPS) is 14.9. The molecule has 6 nitrogen and oxygen atoms in total. The second-order valence-electron chi connectivity index (χ2n) is 9.23. The maximum Gasteiger partial charge on any atom is 0.416 e. The summed E-state index contributed by atoms with van der Waals surface area (Å²) in [6, 6.07) is 11.7. The Hall–Kier alpha value is -4.64. The Bertz CT molecular complexity index is 1900. The first-order chi connectivity index (χ1) is 18.9. The van der Waals surface area contributed by atoms with Crippen LogP contribution >= 0.6 is 11.6 Å². The quantitative estimate of drug-likeness (QED) is 0.158. The molecule has 1 atom stereocenters. The Morgan fingerprint density at radius 2 is 1.75 bits per heavy atom. The van der Waals surface area contributed by atoms with Crippen LogP contribution in [-0.2, 0) is 6.18 Å². The van der Waals surface area contributed by atoms with E-state index in [1.807, 2.05) is 0 Å². The third-order valence-corrected chi connectivity index (χ3v) is 7.12. The summed E-state index contributed by atoms with van der Waals surface area (Å²) in [5.74, 6) is -2.96. The smallest absolute Gasteiger partial charge is 0.398 e. The Morgan fingerprint density at radius 3 is 2.50 bits per heavy atom. The minimum atomic E-state index is -4.89. The van der Waals surface area contributed by atoms with Crippen molar-refractivity contribution in [2.75, 3.05) is 11.1 Å². The van der Waals surface area contributed by atoms with Crippen LogP contribution in [0.2, 0.25) is 5.02 Å². The lowest BCUT2D eigenvalue weighted by atomic mass is 9.92. The molecule has 0 aliphatic carbocycles. The first-order valence-electron chi connectivity index (χ1n) is 11.7. The number of carbonyl (C=O) groups is 2. The Kier molecular flexibility index (Phi) is 5.74. The molecule has 1 unspecified atom stereocenters. The van der Waals surface area contributed by atoms with Crippen LogP contribution in [0.1, 0.15) is 33.1 Å². The van der Waals surface area contributed by atoms with Gasteiger partial charge in [0.25, 0.3) is 5.91 Å². The molecule has 0 radical (unpaired) electrons. The second-order valence-corrected chi connectivity index (χ2v) is 9.64. The van der Waals surface area contributed by atoms with E-state index in [9.17, 15) is 31.5 Å². The van der Waals surface area contributed by atoms with Crippen LogP contribution in [0, 0.1) is 11.6 Å². The molecule has 0 saturated heterocycles. The van der Waals surface area contributed by atoms with Crippen molar-refractivity contribution in [2.45, 2.75) is 12.2 Å². The molecule has 1 aromatic heterocycles. The van der Waals surface area contributed by atoms with E-state index in [0.29, 0.717) is 33.9 Å². The van der Waals surface area contributed by atoms with E-state index in [-0.39, 0.29) is 33.6 Å². The SMILES string of the molecule is Nc1cc(NC(=O)c2cc(F)cc(C(F)(F)F)c2)c2c3c1c1ccccc1n3C(=O)NC2c1cc(F)ccc1Cl. The largest absolute Gasteiger partial charge is 0.416 e. The molecule has 4 N–H and O–H groups in total. The zero-order valence-corrected chi connectivity index (χ0v) is 20.8. The first kappa shape index (κ1) is 25.6. The minimum absolute atomic E-state index is 0.00204. The van der Waals surface area contributed by atoms with Gasteiger partial charge in [-0.15, -0.1) is 0 Å². The molecule has 202 valence electrons. The van der Waals surface area contributed by atoms with Gasteiger partial charge in [0.05, 0.1) is 28.3 Å². The highest BCUT2D eigenvalue weighted by molar-refractivity contribution is 6.31. The molecule has 2 amide bonds. The third-order valence-electron chi connectivity index (χ3n) is 6.77. The van der Waals surface area contributed by atoms with E-state index in [4.69, 9.17) is 17.3 Å². The van der Waals surface area contributed by atoms with Gasteiger partial charge in [0.15, 0.2) is 0 Å². The van der Waals surface area contributed by atoms with Crippen LogP contribution < -0.4 is 16.4 Å². The molecule has 0 saturated carbocycles. The van der Waals surface area contributed by atoms with Gasteiger partial charge in [0, 0.05) is 38.2 Å². The van der Waals surface area contributed by atoms with E-state index in [1.165, 1.54) is 16.7 Å². The van der Waals surface area contributed by atoms with E-state index < -0.39 is 46.9 Å². The van der Waals surface area contributed by atoms with Crippen molar-refractivity contribution in [2.24, 2.45) is 0 Å². The summed E-state index contributed by atoms with van der Waals surface area (Å²) in [5.41, 5.74) is 5.82. The van der Waals surface area contributed by atoms with Gasteiger partial charge in [-0.2, -0.15) is 13.2 Å². The number of hydrogen-bond acceptors (Lipinski definition) is 3. The van der Waals surface area contributed by atoms with Gasteiger partial charge in [-0.25, -0.2) is 13.6 Å². The molecule has 6 rings (SSSR count). The van der Waals surface area contributed by atoms with Crippen LogP contribution in [0.15, 0.2) is 66.7 Å². The van der Waals surface area contributed by atoms with Crippen molar-refractivity contribution in [3.63, 3.8) is 0 Å². The van der Waals surface area contributed by atoms with Crippen LogP contribution in [-0.4, -0.2) is 16.5 Å². The number of para-hydroxylation sites is 1. The van der Waals surface area contributed by atoms with Crippen molar-refractivity contribution < 1.29 is 31.5 Å². The zero-order chi connectivity index (χ0) is 28.5. The lowest BCUT2D eigenvalue weighted by Gasteiger charge is -2.29. The summed E-state index contributed by atoms with van der Waals surface area (Å²) < 4.78 is 69.6. The fourth-order valence-electron chi connectivity index (χ4n) is 5.13. The van der Waals surface area contributed by atoms with Crippen molar-refractivity contribution in [1.29, 1.82) is 0 Å². The Labute approximate surface area is 227 Å². The van der Waals surface area contributed by atoms with E-state index >= 15 is 0 Å². The van der Waals surface area contributed by atoms with Gasteiger partial charge >= 0.3 is 12.2 Å². The summed E-state index contributed by atoms with van der Waals surface area (Å²) in [7, 11) is 0. The van der Waals surface area contributed by atoms with E-state index in [2.05, 4.69) is 10.6 Å². The zero-order valence-electron chi connectivity index (χ0n) is 20.0. The predicted octanol–water partition coefficient (Wildman–Crippen LogP) is 7.24. The highest BCUT2D eigenvalue weighted by Gasteiger charge is 2.36. The summed E-state index contributed by atoms with van der Waals surface area (Å²) >= 11 is 6.40. The van der Waals surface area contributed by atoms with Gasteiger partial charge in [0.2, 0.25) is 0 Å². The first-order valence-corrected chi connectivity index (χ1v) is 12.1. The predicted molar refractivity (Wildman–Crippen MR) is 140 cm³/mol. The number of alkyl halides is 3. The number of nitrogens with zero attached hydrogens (tertiary/aromatic N) is 1. The molecule has 0 bridgehead atoms. The molecule has 1 aliphatic rings. The summed E-state index contributed by atoms with van der Waals surface area (Å²) in [6.07, 6.45) is -4.89. The van der Waals surface area contributed by atoms with Crippen LogP contribution in [0.4, 0.5) is 38.1 Å². The van der Waals surface area contributed by atoms with Gasteiger partial charge in [-0.1, -0.05) is 29.8 Å². The summed E-state index contributed by atoms with van der Waals surface area (Å²) in [4.78, 5) is 26.6. The molecule has 4 aromatic carbocycles. The van der Waals surface area contributed by atoms with Gasteiger partial charge < -0.3 is 16.4 Å². The average Bonchev–Trinajstić information content (AvgIpc) is 3.24. The van der Waals surface area contributed by atoms with Gasteiger partial charge in [-0.3, -0.25) is 9.36 Å². The monoisotopic (exact) mass is 570 g/mol. The number of amides is 2. The molecule has 2 heterocycles. The Morgan fingerprint density at radius 1 is 1.00 bits per heavy atom.